The number of methoxy groups -OCH3 is 1. The molecule has 0 aliphatic carbocycles. The molecule has 1 aromatic rings. The minimum atomic E-state index is -0.778. The van der Waals surface area contributed by atoms with Gasteiger partial charge in [-0.25, -0.2) is 4.98 Å². The van der Waals surface area contributed by atoms with Gasteiger partial charge in [0.2, 0.25) is 0 Å². The van der Waals surface area contributed by atoms with Gasteiger partial charge >= 0.3 is 5.97 Å². The fourth-order valence-electron chi connectivity index (χ4n) is 2.47. The molecule has 1 aromatic heterocycles. The molecule has 2 rings (SSSR count). The molecule has 1 atom stereocenters. The maximum absolute atomic E-state index is 11.4. The van der Waals surface area contributed by atoms with Gasteiger partial charge in [-0.3, -0.25) is 4.79 Å². The molecule has 20 heavy (non-hydrogen) atoms. The van der Waals surface area contributed by atoms with Gasteiger partial charge in [0.05, 0.1) is 13.0 Å². The summed E-state index contributed by atoms with van der Waals surface area (Å²) in [5, 5.41) is 12.5. The molecule has 0 aromatic carbocycles. The van der Waals surface area contributed by atoms with Crippen LogP contribution in [0.25, 0.3) is 0 Å². The van der Waals surface area contributed by atoms with E-state index in [2.05, 4.69) is 10.3 Å². The van der Waals surface area contributed by atoms with Crippen molar-refractivity contribution in [3.8, 4) is 5.75 Å². The topological polar surface area (TPSA) is 80.7 Å². The first-order valence-electron chi connectivity index (χ1n) is 6.75. The van der Waals surface area contributed by atoms with Gasteiger partial charge in [0.15, 0.2) is 11.6 Å². The van der Waals surface area contributed by atoms with Crippen LogP contribution in [0.4, 0.5) is 5.82 Å². The van der Waals surface area contributed by atoms with E-state index < -0.39 is 11.9 Å². The van der Waals surface area contributed by atoms with Crippen LogP contribution in [-0.2, 0) is 9.53 Å². The van der Waals surface area contributed by atoms with Crippen LogP contribution < -0.4 is 10.1 Å². The molecule has 6 nitrogen and oxygen atoms in total. The zero-order chi connectivity index (χ0) is 14.4. The molecule has 2 N–H and O–H groups in total. The standard InChI is InChI=1S/C14H20N2O4/c1-19-12-3-2-6-15-13(12)16-9-11(14(17)18)10-4-7-20-8-5-10/h2-3,6,10-11H,4-5,7-9H2,1H3,(H,15,16)(H,17,18). The maximum atomic E-state index is 11.4. The monoisotopic (exact) mass is 280 g/mol. The number of carbonyl (C=O) groups is 1. The summed E-state index contributed by atoms with van der Waals surface area (Å²) < 4.78 is 10.5. The van der Waals surface area contributed by atoms with E-state index in [1.165, 1.54) is 0 Å². The molecule has 1 fully saturated rings. The third-order valence-corrected chi connectivity index (χ3v) is 3.63. The average Bonchev–Trinajstić information content (AvgIpc) is 2.48. The predicted octanol–water partition coefficient (Wildman–Crippen LogP) is 1.63. The van der Waals surface area contributed by atoms with Crippen molar-refractivity contribution in [3.63, 3.8) is 0 Å². The molecule has 0 radical (unpaired) electrons. The molecule has 1 unspecified atom stereocenters. The van der Waals surface area contributed by atoms with Crippen molar-refractivity contribution >= 4 is 11.8 Å². The Labute approximate surface area is 118 Å². The molecule has 110 valence electrons. The highest BCUT2D eigenvalue weighted by molar-refractivity contribution is 5.71. The number of rotatable bonds is 6. The van der Waals surface area contributed by atoms with E-state index >= 15 is 0 Å². The summed E-state index contributed by atoms with van der Waals surface area (Å²) in [7, 11) is 1.56. The van der Waals surface area contributed by atoms with Crippen molar-refractivity contribution in [2.75, 3.05) is 32.2 Å². The molecule has 1 aliphatic rings. The quantitative estimate of drug-likeness (QED) is 0.824. The van der Waals surface area contributed by atoms with E-state index in [1.807, 2.05) is 0 Å². The number of hydrogen-bond donors (Lipinski definition) is 2. The summed E-state index contributed by atoms with van der Waals surface area (Å²) in [5.74, 6) is 0.116. The minimum Gasteiger partial charge on any atom is -0.493 e. The van der Waals surface area contributed by atoms with Crippen LogP contribution in [0, 0.1) is 11.8 Å². The van der Waals surface area contributed by atoms with E-state index in [0.29, 0.717) is 31.3 Å². The van der Waals surface area contributed by atoms with E-state index in [0.717, 1.165) is 12.8 Å². The summed E-state index contributed by atoms with van der Waals surface area (Å²) in [6, 6.07) is 3.57. The van der Waals surface area contributed by atoms with Gasteiger partial charge in [-0.2, -0.15) is 0 Å². The van der Waals surface area contributed by atoms with Crippen LogP contribution >= 0.6 is 0 Å². The van der Waals surface area contributed by atoms with Crippen LogP contribution in [0.3, 0.4) is 0 Å². The first-order chi connectivity index (χ1) is 9.72. The van der Waals surface area contributed by atoms with Crippen molar-refractivity contribution in [2.45, 2.75) is 12.8 Å². The Morgan fingerprint density at radius 3 is 3.00 bits per heavy atom. The highest BCUT2D eigenvalue weighted by Crippen LogP contribution is 2.26. The predicted molar refractivity (Wildman–Crippen MR) is 73.9 cm³/mol. The van der Waals surface area contributed by atoms with Gasteiger partial charge in [0.1, 0.15) is 0 Å². The smallest absolute Gasteiger partial charge is 0.308 e. The third kappa shape index (κ3) is 3.60. The van der Waals surface area contributed by atoms with Crippen LogP contribution in [-0.4, -0.2) is 42.9 Å². The Balaban J connectivity index is 1.99. The number of hydrogen-bond acceptors (Lipinski definition) is 5. The van der Waals surface area contributed by atoms with E-state index in [1.54, 1.807) is 25.4 Å². The first-order valence-corrected chi connectivity index (χ1v) is 6.75. The largest absolute Gasteiger partial charge is 0.493 e. The van der Waals surface area contributed by atoms with Gasteiger partial charge in [-0.1, -0.05) is 0 Å². The number of pyridine rings is 1. The summed E-state index contributed by atoms with van der Waals surface area (Å²) in [6.07, 6.45) is 3.23. The Morgan fingerprint density at radius 2 is 2.35 bits per heavy atom. The number of aromatic nitrogens is 1. The Morgan fingerprint density at radius 1 is 1.60 bits per heavy atom. The zero-order valence-corrected chi connectivity index (χ0v) is 11.5. The van der Waals surface area contributed by atoms with Crippen LogP contribution in [0.15, 0.2) is 18.3 Å². The van der Waals surface area contributed by atoms with E-state index in [4.69, 9.17) is 9.47 Å². The molecule has 0 spiro atoms. The lowest BCUT2D eigenvalue weighted by Gasteiger charge is -2.27. The van der Waals surface area contributed by atoms with Crippen LogP contribution in [0.5, 0.6) is 5.75 Å². The lowest BCUT2D eigenvalue weighted by Crippen LogP contribution is -2.34. The Hall–Kier alpha value is -1.82. The molecule has 0 amide bonds. The number of carboxylic acid groups (broad SMARTS) is 1. The second-order valence-electron chi connectivity index (χ2n) is 4.83. The first kappa shape index (κ1) is 14.6. The van der Waals surface area contributed by atoms with Gasteiger partial charge < -0.3 is 19.9 Å². The fraction of sp³-hybridized carbons (Fsp3) is 0.571. The van der Waals surface area contributed by atoms with Gasteiger partial charge in [-0.15, -0.1) is 0 Å². The summed E-state index contributed by atoms with van der Waals surface area (Å²) in [6.45, 7) is 1.62. The Bertz CT molecular complexity index is 447. The van der Waals surface area contributed by atoms with Gasteiger partial charge in [0, 0.05) is 26.0 Å². The SMILES string of the molecule is COc1cccnc1NCC(C(=O)O)C1CCOCC1. The second kappa shape index (κ2) is 7.09. The normalized spacial score (nSPS) is 17.4. The molecule has 0 bridgehead atoms. The van der Waals surface area contributed by atoms with Gasteiger partial charge in [0.25, 0.3) is 0 Å². The lowest BCUT2D eigenvalue weighted by molar-refractivity contribution is -0.144. The van der Waals surface area contributed by atoms with E-state index in [-0.39, 0.29) is 5.92 Å². The number of nitrogens with zero attached hydrogens (tertiary/aromatic N) is 1. The number of ether oxygens (including phenoxy) is 2. The van der Waals surface area contributed by atoms with Crippen molar-refractivity contribution in [3.05, 3.63) is 18.3 Å². The summed E-state index contributed by atoms with van der Waals surface area (Å²) in [5.41, 5.74) is 0. The molecule has 6 heteroatoms. The molecular formula is C14H20N2O4. The van der Waals surface area contributed by atoms with Crippen molar-refractivity contribution in [2.24, 2.45) is 11.8 Å². The van der Waals surface area contributed by atoms with Crippen molar-refractivity contribution in [1.82, 2.24) is 4.98 Å². The summed E-state index contributed by atoms with van der Waals surface area (Å²) in [4.78, 5) is 15.6. The number of carboxylic acids is 1. The second-order valence-corrected chi connectivity index (χ2v) is 4.83. The molecular weight excluding hydrogens is 260 g/mol. The highest BCUT2D eigenvalue weighted by atomic mass is 16.5. The fourth-order valence-corrected chi connectivity index (χ4v) is 2.47. The molecule has 2 heterocycles. The molecule has 1 saturated heterocycles. The summed E-state index contributed by atoms with van der Waals surface area (Å²) >= 11 is 0. The van der Waals surface area contributed by atoms with E-state index in [9.17, 15) is 9.90 Å². The van der Waals surface area contributed by atoms with Gasteiger partial charge in [-0.05, 0) is 30.9 Å². The average molecular weight is 280 g/mol. The number of nitrogens with one attached hydrogen (secondary N) is 1. The zero-order valence-electron chi connectivity index (χ0n) is 11.5. The third-order valence-electron chi connectivity index (χ3n) is 3.63. The number of anilines is 1. The van der Waals surface area contributed by atoms with Crippen molar-refractivity contribution in [1.29, 1.82) is 0 Å². The molecule has 1 aliphatic heterocycles. The highest BCUT2D eigenvalue weighted by Gasteiger charge is 2.29. The van der Waals surface area contributed by atoms with Crippen molar-refractivity contribution < 1.29 is 19.4 Å². The molecule has 0 saturated carbocycles. The van der Waals surface area contributed by atoms with Crippen LogP contribution in [0.2, 0.25) is 0 Å². The lowest BCUT2D eigenvalue weighted by atomic mass is 9.86. The number of aliphatic carboxylic acids is 1. The minimum absolute atomic E-state index is 0.142. The van der Waals surface area contributed by atoms with Crippen LogP contribution in [0.1, 0.15) is 12.8 Å². The Kier molecular flexibility index (Phi) is 5.17. The maximum Gasteiger partial charge on any atom is 0.308 e.